The van der Waals surface area contributed by atoms with Gasteiger partial charge in [-0.15, -0.1) is 0 Å². The first-order valence-corrected chi connectivity index (χ1v) is 19.6. The Labute approximate surface area is 326 Å². The predicted octanol–water partition coefficient (Wildman–Crippen LogP) is 13.3. The molecule has 0 amide bonds. The van der Waals surface area contributed by atoms with Crippen molar-refractivity contribution in [2.75, 3.05) is 0 Å². The molecule has 0 bridgehead atoms. The summed E-state index contributed by atoms with van der Waals surface area (Å²) in [6.07, 6.45) is 0. The Kier molecular flexibility index (Phi) is 6.36. The molecule has 0 saturated heterocycles. The minimum atomic E-state index is -0.413. The van der Waals surface area contributed by atoms with Crippen molar-refractivity contribution >= 4 is 10.9 Å². The summed E-state index contributed by atoms with van der Waals surface area (Å²) in [5, 5.41) is 1.05. The number of nitrogens with zero attached hydrogens (tertiary/aromatic N) is 2. The average Bonchev–Trinajstić information content (AvgIpc) is 3.82. The summed E-state index contributed by atoms with van der Waals surface area (Å²) >= 11 is 0. The minimum absolute atomic E-state index is 0.0421. The van der Waals surface area contributed by atoms with Gasteiger partial charge in [0.05, 0.1) is 16.6 Å². The molecular formula is C54H36N2. The molecule has 12 rings (SSSR count). The second kappa shape index (κ2) is 11.3. The summed E-state index contributed by atoms with van der Waals surface area (Å²) in [5.74, 6) is 0.727. The van der Waals surface area contributed by atoms with Gasteiger partial charge in [-0.3, -0.25) is 0 Å². The van der Waals surface area contributed by atoms with Crippen molar-refractivity contribution in [1.82, 2.24) is 9.97 Å². The lowest BCUT2D eigenvalue weighted by molar-refractivity contribution is 0.660. The van der Waals surface area contributed by atoms with Crippen LogP contribution >= 0.6 is 0 Å². The molecule has 0 fully saturated rings. The number of benzene rings is 8. The van der Waals surface area contributed by atoms with Gasteiger partial charge in [0.1, 0.15) is 0 Å². The number of rotatable bonds is 3. The predicted molar refractivity (Wildman–Crippen MR) is 230 cm³/mol. The molecule has 262 valence electrons. The monoisotopic (exact) mass is 712 g/mol. The molecule has 0 radical (unpaired) electrons. The Morgan fingerprint density at radius 3 is 1.50 bits per heavy atom. The maximum absolute atomic E-state index is 5.49. The lowest BCUT2D eigenvalue weighted by atomic mass is 9.70. The van der Waals surface area contributed by atoms with Crippen molar-refractivity contribution in [3.8, 4) is 67.2 Å². The first-order valence-electron chi connectivity index (χ1n) is 19.6. The van der Waals surface area contributed by atoms with Crippen molar-refractivity contribution in [1.29, 1.82) is 0 Å². The van der Waals surface area contributed by atoms with Gasteiger partial charge in [-0.25, -0.2) is 9.97 Å². The van der Waals surface area contributed by atoms with Crippen LogP contribution in [0.3, 0.4) is 0 Å². The molecule has 3 aliphatic carbocycles. The van der Waals surface area contributed by atoms with Crippen molar-refractivity contribution < 1.29 is 0 Å². The highest BCUT2D eigenvalue weighted by Gasteiger charge is 2.52. The number of hydrogen-bond acceptors (Lipinski definition) is 2. The van der Waals surface area contributed by atoms with Gasteiger partial charge in [0.2, 0.25) is 0 Å². The topological polar surface area (TPSA) is 25.8 Å². The SMILES string of the molecule is CC1(C)c2ccccc2-c2c(-c3ccc(-c4nc(-c5cccc6c5-c5ccccc5C65c6ccccc6-c6ccccc65)c5ccccc5n4)cc3)cccc21. The molecule has 3 aliphatic rings. The van der Waals surface area contributed by atoms with Gasteiger partial charge < -0.3 is 0 Å². The summed E-state index contributed by atoms with van der Waals surface area (Å²) < 4.78 is 0. The van der Waals surface area contributed by atoms with Crippen LogP contribution in [0.5, 0.6) is 0 Å². The molecule has 2 nitrogen and oxygen atoms in total. The molecule has 2 heteroatoms. The first-order chi connectivity index (χ1) is 27.5. The average molecular weight is 713 g/mol. The van der Waals surface area contributed by atoms with Gasteiger partial charge in [-0.05, 0) is 84.0 Å². The zero-order valence-corrected chi connectivity index (χ0v) is 31.2. The third-order valence-electron chi connectivity index (χ3n) is 12.9. The fraction of sp³-hybridized carbons (Fsp3) is 0.0741. The molecule has 0 atom stereocenters. The smallest absolute Gasteiger partial charge is 0.160 e. The highest BCUT2D eigenvalue weighted by Crippen LogP contribution is 2.64. The van der Waals surface area contributed by atoms with E-state index in [9.17, 15) is 0 Å². The molecule has 0 N–H and O–H groups in total. The van der Waals surface area contributed by atoms with Crippen LogP contribution in [-0.4, -0.2) is 9.97 Å². The van der Waals surface area contributed by atoms with E-state index in [-0.39, 0.29) is 5.41 Å². The van der Waals surface area contributed by atoms with Crippen molar-refractivity contribution in [3.63, 3.8) is 0 Å². The maximum atomic E-state index is 5.49. The first kappa shape index (κ1) is 31.5. The Morgan fingerprint density at radius 2 is 0.804 bits per heavy atom. The van der Waals surface area contributed by atoms with Gasteiger partial charge in [-0.1, -0.05) is 190 Å². The molecule has 8 aromatic carbocycles. The van der Waals surface area contributed by atoms with Crippen LogP contribution in [0.1, 0.15) is 47.2 Å². The highest BCUT2D eigenvalue weighted by atomic mass is 14.9. The van der Waals surface area contributed by atoms with Gasteiger partial charge in [0.15, 0.2) is 5.82 Å². The van der Waals surface area contributed by atoms with Crippen LogP contribution in [0.4, 0.5) is 0 Å². The van der Waals surface area contributed by atoms with E-state index in [4.69, 9.17) is 9.97 Å². The van der Waals surface area contributed by atoms with Gasteiger partial charge >= 0.3 is 0 Å². The molecule has 1 spiro atoms. The Balaban J connectivity index is 1.04. The molecule has 1 aromatic heterocycles. The lowest BCUT2D eigenvalue weighted by Gasteiger charge is -2.30. The van der Waals surface area contributed by atoms with E-state index in [0.29, 0.717) is 0 Å². The Hall–Kier alpha value is -6.90. The second-order valence-electron chi connectivity index (χ2n) is 16.0. The molecular weight excluding hydrogens is 677 g/mol. The summed E-state index contributed by atoms with van der Waals surface area (Å²) in [6, 6.07) is 66.8. The van der Waals surface area contributed by atoms with E-state index in [2.05, 4.69) is 196 Å². The van der Waals surface area contributed by atoms with Crippen LogP contribution in [0.25, 0.3) is 78.1 Å². The Morgan fingerprint density at radius 1 is 0.339 bits per heavy atom. The summed E-state index contributed by atoms with van der Waals surface area (Å²) in [5.41, 5.74) is 21.9. The molecule has 1 heterocycles. The van der Waals surface area contributed by atoms with E-state index < -0.39 is 5.41 Å². The van der Waals surface area contributed by atoms with Crippen LogP contribution in [0.15, 0.2) is 182 Å². The fourth-order valence-electron chi connectivity index (χ4n) is 10.5. The van der Waals surface area contributed by atoms with Crippen molar-refractivity contribution in [3.05, 3.63) is 215 Å². The molecule has 9 aromatic rings. The van der Waals surface area contributed by atoms with Gasteiger partial charge in [-0.2, -0.15) is 0 Å². The van der Waals surface area contributed by atoms with Gasteiger partial charge in [0.25, 0.3) is 0 Å². The van der Waals surface area contributed by atoms with Crippen LogP contribution in [0, 0.1) is 0 Å². The van der Waals surface area contributed by atoms with Crippen LogP contribution < -0.4 is 0 Å². The second-order valence-corrected chi connectivity index (χ2v) is 16.0. The van der Waals surface area contributed by atoms with E-state index in [1.807, 2.05) is 0 Å². The molecule has 0 aliphatic heterocycles. The normalized spacial score (nSPS) is 14.5. The number of hydrogen-bond donors (Lipinski definition) is 0. The van der Waals surface area contributed by atoms with Crippen LogP contribution in [0.2, 0.25) is 0 Å². The van der Waals surface area contributed by atoms with Gasteiger partial charge in [0, 0.05) is 21.9 Å². The van der Waals surface area contributed by atoms with Crippen LogP contribution in [-0.2, 0) is 10.8 Å². The molecule has 0 unspecified atom stereocenters. The zero-order valence-electron chi connectivity index (χ0n) is 31.2. The van der Waals surface area contributed by atoms with E-state index in [1.54, 1.807) is 0 Å². The van der Waals surface area contributed by atoms with E-state index >= 15 is 0 Å². The largest absolute Gasteiger partial charge is 0.228 e. The van der Waals surface area contributed by atoms with Crippen molar-refractivity contribution in [2.24, 2.45) is 0 Å². The highest BCUT2D eigenvalue weighted by molar-refractivity contribution is 6.04. The zero-order chi connectivity index (χ0) is 37.2. The summed E-state index contributed by atoms with van der Waals surface area (Å²) in [6.45, 7) is 4.68. The lowest BCUT2D eigenvalue weighted by Crippen LogP contribution is -2.25. The van der Waals surface area contributed by atoms with E-state index in [1.165, 1.54) is 77.9 Å². The molecule has 56 heavy (non-hydrogen) atoms. The maximum Gasteiger partial charge on any atom is 0.160 e. The summed E-state index contributed by atoms with van der Waals surface area (Å²) in [4.78, 5) is 10.7. The minimum Gasteiger partial charge on any atom is -0.228 e. The van der Waals surface area contributed by atoms with E-state index in [0.717, 1.165) is 33.5 Å². The Bertz CT molecular complexity index is 3070. The standard InChI is InChI=1S/C54H36N2/c1-53(2)42-22-8-5-17-38(42)49-35(20-13-26-46(49)53)33-29-31-34(32-30-33)52-55-48-28-12-7-19-40(48)51(56-52)41-21-14-27-47-50(41)39-18-6-11-25-45(39)54(47)43-23-9-3-15-36(43)37-16-4-10-24-44(37)54/h3-32H,1-2H3. The van der Waals surface area contributed by atoms with Crippen molar-refractivity contribution in [2.45, 2.75) is 24.7 Å². The number of para-hydroxylation sites is 1. The number of aromatic nitrogens is 2. The third-order valence-corrected chi connectivity index (χ3v) is 12.9. The third kappa shape index (κ3) is 4.00. The quantitative estimate of drug-likeness (QED) is 0.182. The molecule has 0 saturated carbocycles. The fourth-order valence-corrected chi connectivity index (χ4v) is 10.5. The summed E-state index contributed by atoms with van der Waals surface area (Å²) in [7, 11) is 0. The number of fused-ring (bicyclic) bond motifs is 14.